The number of pyridine rings is 2. The van der Waals surface area contributed by atoms with Crippen molar-refractivity contribution < 1.29 is 9.59 Å². The Labute approximate surface area is 208 Å². The predicted octanol–water partition coefficient (Wildman–Crippen LogP) is 3.59. The minimum absolute atomic E-state index is 0.0325. The standard InChI is InChI=1S/C26H28N8O2/c1-34(2)10-9-28-23-8-6-19(15-29-23)30-26(36)24-21-12-17(5-7-22(21)32-33-24)18-11-20(14-27-13-18)31-25(35)16-3-4-16/h5-8,11-16H,3-4,9-10H2,1-2H3,(H,28,29)(H,30,36)(H,31,35)(H,32,33). The molecule has 0 aliphatic heterocycles. The van der Waals surface area contributed by atoms with Gasteiger partial charge in [0.15, 0.2) is 5.69 Å². The molecule has 184 valence electrons. The lowest BCUT2D eigenvalue weighted by molar-refractivity contribution is -0.117. The topological polar surface area (TPSA) is 128 Å². The lowest BCUT2D eigenvalue weighted by atomic mass is 10.0. The van der Waals surface area contributed by atoms with Crippen molar-refractivity contribution in [3.05, 3.63) is 60.7 Å². The van der Waals surface area contributed by atoms with Crippen LogP contribution in [0.4, 0.5) is 17.2 Å². The fourth-order valence-electron chi connectivity index (χ4n) is 3.79. The van der Waals surface area contributed by atoms with E-state index in [1.165, 1.54) is 0 Å². The number of fused-ring (bicyclic) bond motifs is 1. The van der Waals surface area contributed by atoms with Crippen LogP contribution in [0, 0.1) is 5.92 Å². The van der Waals surface area contributed by atoms with Crippen LogP contribution in [-0.4, -0.2) is 64.1 Å². The Morgan fingerprint density at radius 1 is 1.00 bits per heavy atom. The number of amides is 2. The quantitative estimate of drug-likeness (QED) is 0.286. The van der Waals surface area contributed by atoms with Crippen LogP contribution in [-0.2, 0) is 4.79 Å². The zero-order valence-corrected chi connectivity index (χ0v) is 20.2. The third kappa shape index (κ3) is 5.49. The molecule has 1 saturated carbocycles. The van der Waals surface area contributed by atoms with E-state index < -0.39 is 0 Å². The van der Waals surface area contributed by atoms with E-state index in [-0.39, 0.29) is 23.4 Å². The van der Waals surface area contributed by atoms with Gasteiger partial charge in [0.05, 0.1) is 29.3 Å². The predicted molar refractivity (Wildman–Crippen MR) is 140 cm³/mol. The molecule has 4 N–H and O–H groups in total. The zero-order valence-electron chi connectivity index (χ0n) is 20.2. The third-order valence-corrected chi connectivity index (χ3v) is 5.95. The van der Waals surface area contributed by atoms with E-state index in [2.05, 4.69) is 41.0 Å². The molecule has 1 aliphatic carbocycles. The Balaban J connectivity index is 1.30. The Kier molecular flexibility index (Phi) is 6.59. The summed E-state index contributed by atoms with van der Waals surface area (Å²) in [4.78, 5) is 35.8. The average Bonchev–Trinajstić information content (AvgIpc) is 3.64. The number of likely N-dealkylation sites (N-methyl/N-ethyl adjacent to an activating group) is 1. The van der Waals surface area contributed by atoms with Crippen LogP contribution in [0.25, 0.3) is 22.0 Å². The van der Waals surface area contributed by atoms with Gasteiger partial charge in [-0.3, -0.25) is 19.7 Å². The molecule has 0 saturated heterocycles. The number of rotatable bonds is 9. The number of nitrogens with one attached hydrogen (secondary N) is 4. The van der Waals surface area contributed by atoms with Crippen molar-refractivity contribution in [2.75, 3.05) is 43.1 Å². The van der Waals surface area contributed by atoms with E-state index in [0.29, 0.717) is 16.8 Å². The molecule has 10 heteroatoms. The molecule has 4 aromatic rings. The Bertz CT molecular complexity index is 1390. The van der Waals surface area contributed by atoms with Crippen molar-refractivity contribution in [2.45, 2.75) is 12.8 Å². The summed E-state index contributed by atoms with van der Waals surface area (Å²) in [6, 6.07) is 11.2. The summed E-state index contributed by atoms with van der Waals surface area (Å²) < 4.78 is 0. The van der Waals surface area contributed by atoms with Crippen molar-refractivity contribution in [1.82, 2.24) is 25.1 Å². The number of aromatic amines is 1. The van der Waals surface area contributed by atoms with Gasteiger partial charge in [0.1, 0.15) is 5.82 Å². The second-order valence-corrected chi connectivity index (χ2v) is 9.17. The maximum Gasteiger partial charge on any atom is 0.276 e. The molecule has 0 bridgehead atoms. The molecule has 2 amide bonds. The third-order valence-electron chi connectivity index (χ3n) is 5.95. The molecule has 0 spiro atoms. The van der Waals surface area contributed by atoms with Gasteiger partial charge in [-0.1, -0.05) is 6.07 Å². The number of carbonyl (C=O) groups is 2. The fraction of sp³-hybridized carbons (Fsp3) is 0.269. The maximum atomic E-state index is 13.0. The van der Waals surface area contributed by atoms with Crippen molar-refractivity contribution in [2.24, 2.45) is 5.92 Å². The molecular formula is C26H28N8O2. The van der Waals surface area contributed by atoms with Crippen molar-refractivity contribution in [3.63, 3.8) is 0 Å². The van der Waals surface area contributed by atoms with Crippen LogP contribution in [0.5, 0.6) is 0 Å². The maximum absolute atomic E-state index is 13.0. The zero-order chi connectivity index (χ0) is 25.1. The molecular weight excluding hydrogens is 456 g/mol. The highest BCUT2D eigenvalue weighted by atomic mass is 16.2. The Hall–Kier alpha value is -4.31. The van der Waals surface area contributed by atoms with E-state index in [0.717, 1.165) is 48.4 Å². The Morgan fingerprint density at radius 3 is 2.61 bits per heavy atom. The highest BCUT2D eigenvalue weighted by Gasteiger charge is 2.29. The Morgan fingerprint density at radius 2 is 1.86 bits per heavy atom. The molecule has 3 heterocycles. The summed E-state index contributed by atoms with van der Waals surface area (Å²) in [5, 5.41) is 16.9. The molecule has 0 atom stereocenters. The van der Waals surface area contributed by atoms with Crippen LogP contribution in [0.15, 0.2) is 55.0 Å². The monoisotopic (exact) mass is 484 g/mol. The van der Waals surface area contributed by atoms with Gasteiger partial charge in [-0.15, -0.1) is 0 Å². The minimum atomic E-state index is -0.336. The summed E-state index contributed by atoms with van der Waals surface area (Å²) in [5.41, 5.74) is 3.96. The lowest BCUT2D eigenvalue weighted by Crippen LogP contribution is -2.21. The van der Waals surface area contributed by atoms with Gasteiger partial charge in [-0.25, -0.2) is 4.98 Å². The molecule has 36 heavy (non-hydrogen) atoms. The van der Waals surface area contributed by atoms with Crippen LogP contribution >= 0.6 is 0 Å². The molecule has 0 radical (unpaired) electrons. The molecule has 5 rings (SSSR count). The number of benzene rings is 1. The van der Waals surface area contributed by atoms with Crippen molar-refractivity contribution in [1.29, 1.82) is 0 Å². The largest absolute Gasteiger partial charge is 0.369 e. The fourth-order valence-corrected chi connectivity index (χ4v) is 3.79. The second kappa shape index (κ2) is 10.1. The summed E-state index contributed by atoms with van der Waals surface area (Å²) in [5.74, 6) is 0.554. The van der Waals surface area contributed by atoms with Crippen LogP contribution in [0.1, 0.15) is 23.3 Å². The molecule has 0 unspecified atom stereocenters. The van der Waals surface area contributed by atoms with Gasteiger partial charge < -0.3 is 20.9 Å². The number of carbonyl (C=O) groups excluding carboxylic acids is 2. The van der Waals surface area contributed by atoms with E-state index in [1.54, 1.807) is 24.7 Å². The lowest BCUT2D eigenvalue weighted by Gasteiger charge is -2.11. The number of nitrogens with zero attached hydrogens (tertiary/aromatic N) is 4. The van der Waals surface area contributed by atoms with Crippen molar-refractivity contribution in [3.8, 4) is 11.1 Å². The summed E-state index contributed by atoms with van der Waals surface area (Å²) in [6.07, 6.45) is 6.86. The van der Waals surface area contributed by atoms with Gasteiger partial charge in [0.25, 0.3) is 5.91 Å². The van der Waals surface area contributed by atoms with Gasteiger partial charge in [-0.05, 0) is 62.8 Å². The van der Waals surface area contributed by atoms with Crippen LogP contribution < -0.4 is 16.0 Å². The molecule has 1 fully saturated rings. The van der Waals surface area contributed by atoms with Crippen LogP contribution in [0.2, 0.25) is 0 Å². The van der Waals surface area contributed by atoms with Gasteiger partial charge in [0.2, 0.25) is 5.91 Å². The highest BCUT2D eigenvalue weighted by molar-refractivity contribution is 6.11. The first-order chi connectivity index (χ1) is 17.5. The van der Waals surface area contributed by atoms with Crippen molar-refractivity contribution >= 4 is 39.9 Å². The number of H-pyrrole nitrogens is 1. The average molecular weight is 485 g/mol. The molecule has 1 aliphatic rings. The molecule has 3 aromatic heterocycles. The SMILES string of the molecule is CN(C)CCNc1ccc(NC(=O)c2n[nH]c3ccc(-c4cncc(NC(=O)C5CC5)c4)cc23)cn1. The summed E-state index contributed by atoms with van der Waals surface area (Å²) in [6.45, 7) is 1.67. The van der Waals surface area contributed by atoms with Crippen LogP contribution in [0.3, 0.4) is 0 Å². The van der Waals surface area contributed by atoms with Gasteiger partial charge >= 0.3 is 0 Å². The number of anilines is 3. The van der Waals surface area contributed by atoms with E-state index in [1.807, 2.05) is 44.4 Å². The first-order valence-corrected chi connectivity index (χ1v) is 11.9. The normalized spacial score (nSPS) is 13.1. The second-order valence-electron chi connectivity index (χ2n) is 9.17. The molecule has 10 nitrogen and oxygen atoms in total. The number of aromatic nitrogens is 4. The van der Waals surface area contributed by atoms with Gasteiger partial charge in [0, 0.05) is 36.2 Å². The first kappa shape index (κ1) is 23.4. The highest BCUT2D eigenvalue weighted by Crippen LogP contribution is 2.31. The summed E-state index contributed by atoms with van der Waals surface area (Å²) in [7, 11) is 4.03. The number of hydrogen-bond acceptors (Lipinski definition) is 7. The first-order valence-electron chi connectivity index (χ1n) is 11.9. The van der Waals surface area contributed by atoms with E-state index in [9.17, 15) is 9.59 Å². The molecule has 1 aromatic carbocycles. The minimum Gasteiger partial charge on any atom is -0.369 e. The smallest absolute Gasteiger partial charge is 0.276 e. The van der Waals surface area contributed by atoms with E-state index >= 15 is 0 Å². The number of hydrogen-bond donors (Lipinski definition) is 4. The van der Waals surface area contributed by atoms with E-state index in [4.69, 9.17) is 0 Å². The van der Waals surface area contributed by atoms with Gasteiger partial charge in [-0.2, -0.15) is 5.10 Å². The summed E-state index contributed by atoms with van der Waals surface area (Å²) >= 11 is 0.